The Balaban J connectivity index is 1.51. The van der Waals surface area contributed by atoms with E-state index in [4.69, 9.17) is 4.74 Å². The zero-order chi connectivity index (χ0) is 17.2. The average molecular weight is 336 g/mol. The molecule has 3 heterocycles. The highest BCUT2D eigenvalue weighted by molar-refractivity contribution is 6.06. The first-order chi connectivity index (χ1) is 12.2. The van der Waals surface area contributed by atoms with Crippen LogP contribution in [0.25, 0.3) is 10.9 Å². The van der Waals surface area contributed by atoms with E-state index >= 15 is 0 Å². The van der Waals surface area contributed by atoms with Gasteiger partial charge in [0.1, 0.15) is 6.10 Å². The number of ether oxygens (including phenoxy) is 1. The molecule has 0 radical (unpaired) electrons. The summed E-state index contributed by atoms with van der Waals surface area (Å²) in [6.45, 7) is 0.623. The number of benzene rings is 1. The molecule has 25 heavy (non-hydrogen) atoms. The van der Waals surface area contributed by atoms with E-state index in [0.29, 0.717) is 12.2 Å². The number of hydrogen-bond acceptors (Lipinski definition) is 4. The van der Waals surface area contributed by atoms with Gasteiger partial charge in [-0.15, -0.1) is 0 Å². The lowest BCUT2D eigenvalue weighted by molar-refractivity contribution is -0.00300. The van der Waals surface area contributed by atoms with Gasteiger partial charge in [0.2, 0.25) is 0 Å². The smallest absolute Gasteiger partial charge is 0.252 e. The van der Waals surface area contributed by atoms with Crippen molar-refractivity contribution in [3.05, 3.63) is 60.3 Å². The molecule has 6 nitrogen and oxygen atoms in total. The van der Waals surface area contributed by atoms with Gasteiger partial charge in [-0.05, 0) is 31.0 Å². The van der Waals surface area contributed by atoms with Crippen molar-refractivity contribution in [2.45, 2.75) is 25.0 Å². The minimum Gasteiger partial charge on any atom is -0.372 e. The third kappa shape index (κ3) is 3.13. The Bertz CT molecular complexity index is 900. The first kappa shape index (κ1) is 15.8. The van der Waals surface area contributed by atoms with Gasteiger partial charge in [-0.25, -0.2) is 4.98 Å². The van der Waals surface area contributed by atoms with E-state index in [9.17, 15) is 4.79 Å². The second kappa shape index (κ2) is 6.64. The minimum absolute atomic E-state index is 0.0410. The fraction of sp³-hybridized carbons (Fsp3) is 0.316. The topological polar surface area (TPSA) is 69.0 Å². The summed E-state index contributed by atoms with van der Waals surface area (Å²) in [4.78, 5) is 21.3. The van der Waals surface area contributed by atoms with E-state index in [2.05, 4.69) is 15.3 Å². The molecular formula is C19H20N4O2. The van der Waals surface area contributed by atoms with Gasteiger partial charge < -0.3 is 14.6 Å². The van der Waals surface area contributed by atoms with Crippen molar-refractivity contribution in [2.75, 3.05) is 6.61 Å². The van der Waals surface area contributed by atoms with Gasteiger partial charge in [-0.1, -0.05) is 12.1 Å². The summed E-state index contributed by atoms with van der Waals surface area (Å²) in [6, 6.07) is 9.49. The minimum atomic E-state index is -0.0609. The first-order valence-corrected chi connectivity index (χ1v) is 8.45. The Morgan fingerprint density at radius 2 is 2.24 bits per heavy atom. The molecule has 1 amide bonds. The Kier molecular flexibility index (Phi) is 4.19. The molecule has 2 aromatic heterocycles. The van der Waals surface area contributed by atoms with Gasteiger partial charge in [0.05, 0.1) is 23.7 Å². The molecular weight excluding hydrogens is 316 g/mol. The second-order valence-corrected chi connectivity index (χ2v) is 6.36. The van der Waals surface area contributed by atoms with Crippen LogP contribution < -0.4 is 5.32 Å². The highest BCUT2D eigenvalue weighted by Crippen LogP contribution is 2.28. The largest absolute Gasteiger partial charge is 0.372 e. The molecule has 1 aromatic carbocycles. The summed E-state index contributed by atoms with van der Waals surface area (Å²) in [7, 11) is 1.96. The number of aryl methyl sites for hydroxylation is 1. The normalized spacial score (nSPS) is 20.5. The quantitative estimate of drug-likeness (QED) is 0.798. The predicted molar refractivity (Wildman–Crippen MR) is 94.1 cm³/mol. The Morgan fingerprint density at radius 3 is 3.08 bits per heavy atom. The molecule has 1 aliphatic rings. The number of amides is 1. The van der Waals surface area contributed by atoms with Crippen LogP contribution >= 0.6 is 0 Å². The predicted octanol–water partition coefficient (Wildman–Crippen LogP) is 2.62. The molecule has 2 atom stereocenters. The summed E-state index contributed by atoms with van der Waals surface area (Å²) in [5.74, 6) is -0.0609. The number of nitrogens with one attached hydrogen (secondary N) is 1. The molecule has 0 aliphatic carbocycles. The Labute approximate surface area is 145 Å². The molecule has 1 fully saturated rings. The number of nitrogens with zero attached hydrogens (tertiary/aromatic N) is 3. The van der Waals surface area contributed by atoms with Crippen LogP contribution in [-0.2, 0) is 11.8 Å². The van der Waals surface area contributed by atoms with Gasteiger partial charge in [-0.3, -0.25) is 9.78 Å². The highest BCUT2D eigenvalue weighted by atomic mass is 16.5. The third-order valence-electron chi connectivity index (χ3n) is 4.69. The van der Waals surface area contributed by atoms with E-state index in [1.54, 1.807) is 12.5 Å². The van der Waals surface area contributed by atoms with Gasteiger partial charge in [-0.2, -0.15) is 0 Å². The number of carbonyl (C=O) groups is 1. The van der Waals surface area contributed by atoms with E-state index in [0.717, 1.165) is 29.4 Å². The molecule has 0 saturated carbocycles. The molecule has 1 saturated heterocycles. The second-order valence-electron chi connectivity index (χ2n) is 6.36. The number of carbonyl (C=O) groups excluding carboxylic acids is 1. The van der Waals surface area contributed by atoms with Crippen molar-refractivity contribution in [1.82, 2.24) is 19.9 Å². The number of fused-ring (bicyclic) bond motifs is 1. The van der Waals surface area contributed by atoms with E-state index in [1.165, 1.54) is 0 Å². The maximum Gasteiger partial charge on any atom is 0.252 e. The Morgan fingerprint density at radius 1 is 1.32 bits per heavy atom. The maximum absolute atomic E-state index is 12.8. The molecule has 1 N–H and O–H groups in total. The zero-order valence-electron chi connectivity index (χ0n) is 14.1. The summed E-state index contributed by atoms with van der Waals surface area (Å²) in [5.41, 5.74) is 2.53. The van der Waals surface area contributed by atoms with Crippen molar-refractivity contribution in [3.8, 4) is 0 Å². The highest BCUT2D eigenvalue weighted by Gasteiger charge is 2.27. The molecule has 4 rings (SSSR count). The molecule has 0 bridgehead atoms. The summed E-state index contributed by atoms with van der Waals surface area (Å²) < 4.78 is 7.83. The molecule has 6 heteroatoms. The average Bonchev–Trinajstić information content (AvgIpc) is 3.07. The lowest BCUT2D eigenvalue weighted by Crippen LogP contribution is -2.40. The van der Waals surface area contributed by atoms with Crippen molar-refractivity contribution in [2.24, 2.45) is 7.05 Å². The summed E-state index contributed by atoms with van der Waals surface area (Å²) in [6.07, 6.45) is 6.84. The number of pyridine rings is 1. The van der Waals surface area contributed by atoms with Crippen LogP contribution in [0.15, 0.2) is 49.1 Å². The van der Waals surface area contributed by atoms with Crippen LogP contribution in [-0.4, -0.2) is 33.1 Å². The fourth-order valence-electron chi connectivity index (χ4n) is 3.38. The molecule has 128 valence electrons. The molecule has 0 unspecified atom stereocenters. The number of aromatic nitrogens is 3. The van der Waals surface area contributed by atoms with Crippen LogP contribution in [0.4, 0.5) is 0 Å². The van der Waals surface area contributed by atoms with Gasteiger partial charge in [0.25, 0.3) is 5.91 Å². The van der Waals surface area contributed by atoms with Crippen LogP contribution in [0, 0.1) is 0 Å². The standard InChI is InChI=1S/C19H20N4O2/c1-23-12-20-11-17(23)18-10-13(7-9-25-18)22-19(24)15-4-2-6-16-14(15)5-3-8-21-16/h2-6,8,11-13,18H,7,9-10H2,1H3,(H,22,24)/t13-,18+/m1/s1. The van der Waals surface area contributed by atoms with Gasteiger partial charge in [0.15, 0.2) is 0 Å². The number of hydrogen-bond donors (Lipinski definition) is 1. The fourth-order valence-corrected chi connectivity index (χ4v) is 3.38. The van der Waals surface area contributed by atoms with Crippen molar-refractivity contribution < 1.29 is 9.53 Å². The van der Waals surface area contributed by atoms with Crippen LogP contribution in [0.2, 0.25) is 0 Å². The Hall–Kier alpha value is -2.73. The maximum atomic E-state index is 12.8. The van der Waals surface area contributed by atoms with E-state index in [-0.39, 0.29) is 18.1 Å². The summed E-state index contributed by atoms with van der Waals surface area (Å²) in [5, 5.41) is 4.04. The van der Waals surface area contributed by atoms with Crippen LogP contribution in [0.3, 0.4) is 0 Å². The van der Waals surface area contributed by atoms with Crippen molar-refractivity contribution in [1.29, 1.82) is 0 Å². The molecule has 1 aliphatic heterocycles. The van der Waals surface area contributed by atoms with Crippen molar-refractivity contribution in [3.63, 3.8) is 0 Å². The first-order valence-electron chi connectivity index (χ1n) is 8.45. The van der Waals surface area contributed by atoms with E-state index in [1.807, 2.05) is 48.1 Å². The van der Waals surface area contributed by atoms with Gasteiger partial charge in [0, 0.05) is 36.8 Å². The SMILES string of the molecule is Cn1cncc1[C@@H]1C[C@H](NC(=O)c2cccc3ncccc23)CCO1. The van der Waals surface area contributed by atoms with E-state index < -0.39 is 0 Å². The van der Waals surface area contributed by atoms with Gasteiger partial charge >= 0.3 is 0 Å². The monoisotopic (exact) mass is 336 g/mol. The van der Waals surface area contributed by atoms with Crippen LogP contribution in [0.5, 0.6) is 0 Å². The number of imidazole rings is 1. The molecule has 3 aromatic rings. The summed E-state index contributed by atoms with van der Waals surface area (Å²) >= 11 is 0. The third-order valence-corrected chi connectivity index (χ3v) is 4.69. The number of rotatable bonds is 3. The molecule has 0 spiro atoms. The lowest BCUT2D eigenvalue weighted by atomic mass is 10.00. The lowest BCUT2D eigenvalue weighted by Gasteiger charge is -2.30. The van der Waals surface area contributed by atoms with Crippen molar-refractivity contribution >= 4 is 16.8 Å². The van der Waals surface area contributed by atoms with Crippen LogP contribution in [0.1, 0.15) is 35.0 Å². The zero-order valence-corrected chi connectivity index (χ0v) is 14.1.